The molecule has 2 aliphatic rings. The van der Waals surface area contributed by atoms with Gasteiger partial charge in [-0.15, -0.1) is 0 Å². The lowest BCUT2D eigenvalue weighted by atomic mass is 10.2. The molecule has 0 spiro atoms. The molecule has 2 aliphatic heterocycles. The predicted molar refractivity (Wildman–Crippen MR) is 93.1 cm³/mol. The topological polar surface area (TPSA) is 54.9 Å². The van der Waals surface area contributed by atoms with Gasteiger partial charge in [-0.25, -0.2) is 4.98 Å². The maximum absolute atomic E-state index is 12.4. The Morgan fingerprint density at radius 2 is 2.04 bits per heavy atom. The average molecular weight is 345 g/mol. The Morgan fingerprint density at radius 3 is 2.75 bits per heavy atom. The molecule has 3 heterocycles. The van der Waals surface area contributed by atoms with E-state index in [9.17, 15) is 4.79 Å². The molecule has 0 bridgehead atoms. The Kier molecular flexibility index (Phi) is 4.02. The summed E-state index contributed by atoms with van der Waals surface area (Å²) in [7, 11) is 0. The van der Waals surface area contributed by atoms with Crippen LogP contribution in [0.25, 0.3) is 10.2 Å². The highest BCUT2D eigenvalue weighted by molar-refractivity contribution is 7.22. The number of amides is 1. The van der Waals surface area contributed by atoms with Gasteiger partial charge >= 0.3 is 0 Å². The molecule has 6 nitrogen and oxygen atoms in total. The van der Waals surface area contributed by atoms with Gasteiger partial charge in [0.15, 0.2) is 5.13 Å². The van der Waals surface area contributed by atoms with Crippen LogP contribution in [-0.4, -0.2) is 55.2 Å². The summed E-state index contributed by atoms with van der Waals surface area (Å²) >= 11 is 1.71. The molecule has 2 aromatic rings. The quantitative estimate of drug-likeness (QED) is 0.835. The molecule has 0 N–H and O–H groups in total. The van der Waals surface area contributed by atoms with Crippen molar-refractivity contribution in [3.8, 4) is 0 Å². The van der Waals surface area contributed by atoms with Crippen LogP contribution >= 0.6 is 11.3 Å². The van der Waals surface area contributed by atoms with Crippen LogP contribution in [0.2, 0.25) is 0 Å². The number of carbonyl (C=O) groups is 1. The lowest BCUT2D eigenvalue weighted by Gasteiger charge is -2.35. The van der Waals surface area contributed by atoms with E-state index >= 15 is 0 Å². The van der Waals surface area contributed by atoms with Gasteiger partial charge in [0.2, 0.25) is 5.76 Å². The fourth-order valence-corrected chi connectivity index (χ4v) is 4.04. The molecule has 0 aliphatic carbocycles. The average Bonchev–Trinajstić information content (AvgIpc) is 3.08. The lowest BCUT2D eigenvalue weighted by molar-refractivity contribution is -0.132. The SMILES string of the molecule is Cc1cccc2sc(N3CCN(C(=O)C4=COCCO4)CC3)nc12. The number of fused-ring (bicyclic) bond motifs is 1. The summed E-state index contributed by atoms with van der Waals surface area (Å²) in [5, 5.41) is 1.03. The van der Waals surface area contributed by atoms with Gasteiger partial charge in [-0.3, -0.25) is 4.79 Å². The molecular weight excluding hydrogens is 326 g/mol. The molecule has 7 heteroatoms. The minimum atomic E-state index is -0.0884. The predicted octanol–water partition coefficient (Wildman–Crippen LogP) is 2.14. The van der Waals surface area contributed by atoms with Gasteiger partial charge in [0.25, 0.3) is 5.91 Å². The molecule has 126 valence electrons. The first-order valence-electron chi connectivity index (χ1n) is 8.07. The molecule has 1 aromatic carbocycles. The van der Waals surface area contributed by atoms with Gasteiger partial charge in [-0.2, -0.15) is 0 Å². The maximum atomic E-state index is 12.4. The number of aryl methyl sites for hydroxylation is 1. The molecule has 1 amide bonds. The van der Waals surface area contributed by atoms with Gasteiger partial charge in [-0.05, 0) is 18.6 Å². The standard InChI is InChI=1S/C17H19N3O3S/c1-12-3-2-4-14-15(12)18-17(24-14)20-7-5-19(6-8-20)16(21)13-11-22-9-10-23-13/h2-4,11H,5-10H2,1H3. The van der Waals surface area contributed by atoms with Crippen LogP contribution in [-0.2, 0) is 14.3 Å². The van der Waals surface area contributed by atoms with Crippen molar-refractivity contribution in [3.05, 3.63) is 35.8 Å². The normalized spacial score (nSPS) is 18.1. The Labute approximate surface area is 144 Å². The Hall–Kier alpha value is -2.28. The first-order valence-corrected chi connectivity index (χ1v) is 8.89. The zero-order valence-electron chi connectivity index (χ0n) is 13.5. The fraction of sp³-hybridized carbons (Fsp3) is 0.412. The van der Waals surface area contributed by atoms with Crippen LogP contribution in [0, 0.1) is 6.92 Å². The second-order valence-corrected chi connectivity index (χ2v) is 6.91. The van der Waals surface area contributed by atoms with E-state index in [2.05, 4.69) is 30.0 Å². The van der Waals surface area contributed by atoms with Crippen LogP contribution in [0.4, 0.5) is 5.13 Å². The number of benzene rings is 1. The van der Waals surface area contributed by atoms with E-state index in [4.69, 9.17) is 14.5 Å². The van der Waals surface area contributed by atoms with Crippen molar-refractivity contribution in [1.29, 1.82) is 0 Å². The van der Waals surface area contributed by atoms with Crippen molar-refractivity contribution in [2.24, 2.45) is 0 Å². The third-order valence-corrected chi connectivity index (χ3v) is 5.39. The Bertz CT molecular complexity index is 793. The summed E-state index contributed by atoms with van der Waals surface area (Å²) in [4.78, 5) is 21.2. The summed E-state index contributed by atoms with van der Waals surface area (Å²) in [5.74, 6) is 0.222. The van der Waals surface area contributed by atoms with Crippen molar-refractivity contribution in [2.45, 2.75) is 6.92 Å². The van der Waals surface area contributed by atoms with Crippen molar-refractivity contribution in [3.63, 3.8) is 0 Å². The monoisotopic (exact) mass is 345 g/mol. The molecule has 24 heavy (non-hydrogen) atoms. The van der Waals surface area contributed by atoms with Crippen molar-refractivity contribution in [1.82, 2.24) is 9.88 Å². The van der Waals surface area contributed by atoms with Crippen LogP contribution in [0.5, 0.6) is 0 Å². The number of anilines is 1. The molecule has 1 fully saturated rings. The number of aromatic nitrogens is 1. The van der Waals surface area contributed by atoms with E-state index in [1.54, 1.807) is 11.3 Å². The third-order valence-electron chi connectivity index (χ3n) is 4.31. The molecule has 4 rings (SSSR count). The second kappa shape index (κ2) is 6.32. The number of rotatable bonds is 2. The largest absolute Gasteiger partial charge is 0.494 e. The van der Waals surface area contributed by atoms with Gasteiger partial charge < -0.3 is 19.3 Å². The molecule has 0 unspecified atom stereocenters. The van der Waals surface area contributed by atoms with E-state index in [0.717, 1.165) is 23.7 Å². The van der Waals surface area contributed by atoms with Gasteiger partial charge in [-0.1, -0.05) is 23.5 Å². The number of hydrogen-bond acceptors (Lipinski definition) is 6. The van der Waals surface area contributed by atoms with Crippen LogP contribution in [0.3, 0.4) is 0 Å². The number of nitrogens with zero attached hydrogens (tertiary/aromatic N) is 3. The molecule has 0 saturated carbocycles. The van der Waals surface area contributed by atoms with E-state index in [-0.39, 0.29) is 5.91 Å². The number of para-hydroxylation sites is 1. The zero-order valence-corrected chi connectivity index (χ0v) is 14.3. The molecule has 1 aromatic heterocycles. The smallest absolute Gasteiger partial charge is 0.292 e. The first-order chi connectivity index (χ1) is 11.7. The molecule has 1 saturated heterocycles. The highest BCUT2D eigenvalue weighted by Gasteiger charge is 2.27. The van der Waals surface area contributed by atoms with Gasteiger partial charge in [0.1, 0.15) is 19.5 Å². The molecule has 0 radical (unpaired) electrons. The van der Waals surface area contributed by atoms with E-state index in [1.807, 2.05) is 4.90 Å². The fourth-order valence-electron chi connectivity index (χ4n) is 2.95. The Morgan fingerprint density at radius 1 is 1.21 bits per heavy atom. The molecular formula is C17H19N3O3S. The van der Waals surface area contributed by atoms with Crippen molar-refractivity contribution in [2.75, 3.05) is 44.3 Å². The summed E-state index contributed by atoms with van der Waals surface area (Å²) in [6, 6.07) is 6.26. The van der Waals surface area contributed by atoms with Gasteiger partial charge in [0, 0.05) is 26.2 Å². The number of carbonyl (C=O) groups excluding carboxylic acids is 1. The number of ether oxygens (including phenoxy) is 2. The minimum Gasteiger partial charge on any atom is -0.494 e. The second-order valence-electron chi connectivity index (χ2n) is 5.90. The van der Waals surface area contributed by atoms with Crippen LogP contribution in [0.15, 0.2) is 30.2 Å². The highest BCUT2D eigenvalue weighted by Crippen LogP contribution is 2.31. The minimum absolute atomic E-state index is 0.0884. The van der Waals surface area contributed by atoms with Gasteiger partial charge in [0.05, 0.1) is 10.2 Å². The van der Waals surface area contributed by atoms with E-state index in [0.29, 0.717) is 32.1 Å². The van der Waals surface area contributed by atoms with Crippen LogP contribution in [0.1, 0.15) is 5.56 Å². The number of piperazine rings is 1. The number of thiazole rings is 1. The van der Waals surface area contributed by atoms with Crippen LogP contribution < -0.4 is 4.90 Å². The first kappa shape index (κ1) is 15.3. The molecule has 0 atom stereocenters. The summed E-state index contributed by atoms with van der Waals surface area (Å²) in [6.45, 7) is 5.90. The van der Waals surface area contributed by atoms with E-state index < -0.39 is 0 Å². The summed E-state index contributed by atoms with van der Waals surface area (Å²) in [5.41, 5.74) is 2.28. The zero-order chi connectivity index (χ0) is 16.5. The van der Waals surface area contributed by atoms with E-state index in [1.165, 1.54) is 16.5 Å². The Balaban J connectivity index is 1.44. The lowest BCUT2D eigenvalue weighted by Crippen LogP contribution is -2.49. The van der Waals surface area contributed by atoms with Crippen molar-refractivity contribution < 1.29 is 14.3 Å². The number of hydrogen-bond donors (Lipinski definition) is 0. The summed E-state index contributed by atoms with van der Waals surface area (Å²) in [6.07, 6.45) is 1.43. The maximum Gasteiger partial charge on any atom is 0.292 e. The highest BCUT2D eigenvalue weighted by atomic mass is 32.1. The summed E-state index contributed by atoms with van der Waals surface area (Å²) < 4.78 is 11.8. The van der Waals surface area contributed by atoms with Crippen molar-refractivity contribution >= 4 is 32.6 Å². The third kappa shape index (κ3) is 2.80.